The van der Waals surface area contributed by atoms with E-state index in [4.69, 9.17) is 5.73 Å². The lowest BCUT2D eigenvalue weighted by molar-refractivity contribution is 0.0216. The molecule has 188 valence electrons. The summed E-state index contributed by atoms with van der Waals surface area (Å²) in [5, 5.41) is 20.3. The van der Waals surface area contributed by atoms with E-state index in [1.54, 1.807) is 0 Å². The third-order valence-corrected chi connectivity index (χ3v) is 8.12. The third kappa shape index (κ3) is 14.7. The highest BCUT2D eigenvalue weighted by molar-refractivity contribution is 7.89. The van der Waals surface area contributed by atoms with Gasteiger partial charge in [0.05, 0.1) is 11.9 Å². The van der Waals surface area contributed by atoms with Crippen molar-refractivity contribution >= 4 is 17.6 Å². The number of sulfonamides is 1. The van der Waals surface area contributed by atoms with E-state index in [0.717, 1.165) is 44.9 Å². The first-order chi connectivity index (χ1) is 14.4. The van der Waals surface area contributed by atoms with Crippen molar-refractivity contribution in [3.8, 4) is 0 Å². The van der Waals surface area contributed by atoms with Crippen LogP contribution in [0.3, 0.4) is 0 Å². The molecule has 0 heterocycles. The van der Waals surface area contributed by atoms with Gasteiger partial charge in [0.15, 0.2) is 0 Å². The normalized spacial score (nSPS) is 16.7. The second-order valence-electron chi connectivity index (χ2n) is 8.56. The maximum atomic E-state index is 12.5. The van der Waals surface area contributed by atoms with Crippen molar-refractivity contribution in [2.75, 3.05) is 5.75 Å². The molecule has 0 aliphatic carbocycles. The van der Waals surface area contributed by atoms with Gasteiger partial charge < -0.3 is 20.0 Å². The second kappa shape index (κ2) is 15.7. The van der Waals surface area contributed by atoms with Crippen molar-refractivity contribution in [2.24, 2.45) is 5.73 Å². The van der Waals surface area contributed by atoms with E-state index in [1.807, 2.05) is 6.92 Å². The van der Waals surface area contributed by atoms with Crippen molar-refractivity contribution in [3.05, 3.63) is 0 Å². The Morgan fingerprint density at radius 2 is 1.35 bits per heavy atom. The van der Waals surface area contributed by atoms with E-state index in [2.05, 4.69) is 11.6 Å². The molecule has 0 saturated carbocycles. The lowest BCUT2D eigenvalue weighted by Crippen LogP contribution is -2.50. The predicted molar refractivity (Wildman–Crippen MR) is 124 cm³/mol. The minimum Gasteiger partial charge on any atom is -0.391 e. The zero-order valence-electron chi connectivity index (χ0n) is 19.2. The van der Waals surface area contributed by atoms with Gasteiger partial charge >= 0.3 is 7.60 Å². The maximum Gasteiger partial charge on any atom is 0.371 e. The first-order valence-electron chi connectivity index (χ1n) is 11.6. The lowest BCUT2D eigenvalue weighted by atomic mass is 10.0. The van der Waals surface area contributed by atoms with E-state index >= 15 is 0 Å². The van der Waals surface area contributed by atoms with E-state index in [0.29, 0.717) is 12.8 Å². The number of nitrogens with two attached hydrogens (primary N) is 1. The number of nitrogens with one attached hydrogen (secondary N) is 1. The number of hydrogen-bond donors (Lipinski definition) is 6. The van der Waals surface area contributed by atoms with Gasteiger partial charge in [0.25, 0.3) is 0 Å². The smallest absolute Gasteiger partial charge is 0.371 e. The molecule has 0 aromatic heterocycles. The summed E-state index contributed by atoms with van der Waals surface area (Å²) in [7, 11) is -8.78. The highest BCUT2D eigenvalue weighted by atomic mass is 32.2. The van der Waals surface area contributed by atoms with Crippen molar-refractivity contribution in [1.82, 2.24) is 4.72 Å². The Morgan fingerprint density at radius 3 is 1.84 bits per heavy atom. The van der Waals surface area contributed by atoms with Crippen LogP contribution in [0.4, 0.5) is 0 Å². The number of aliphatic hydroxyl groups excluding tert-OH is 1. The Balaban J connectivity index is 4.76. The van der Waals surface area contributed by atoms with Crippen molar-refractivity contribution in [3.63, 3.8) is 0 Å². The molecule has 0 bridgehead atoms. The van der Waals surface area contributed by atoms with Crippen LogP contribution in [0, 0.1) is 0 Å². The summed E-state index contributed by atoms with van der Waals surface area (Å²) in [6, 6.07) is -0.975. The van der Waals surface area contributed by atoms with Gasteiger partial charge in [0, 0.05) is 12.5 Å². The minimum absolute atomic E-state index is 0.0779. The molecule has 0 spiro atoms. The third-order valence-electron chi connectivity index (χ3n) is 5.44. The van der Waals surface area contributed by atoms with E-state index in [1.165, 1.54) is 19.3 Å². The zero-order valence-corrected chi connectivity index (χ0v) is 20.9. The highest BCUT2D eigenvalue weighted by Gasteiger charge is 2.44. The molecular weight excluding hydrogens is 443 g/mol. The van der Waals surface area contributed by atoms with Gasteiger partial charge in [-0.2, -0.15) is 0 Å². The molecule has 0 aromatic carbocycles. The van der Waals surface area contributed by atoms with Crippen LogP contribution in [0.5, 0.6) is 0 Å². The fourth-order valence-corrected chi connectivity index (χ4v) is 5.27. The average molecular weight is 489 g/mol. The standard InChI is InChI=1S/C20H45N2O7PS/c1-3-5-7-9-10-11-12-14-16-31(28,29)22-18(15-13-8-6-4-2)19(23)17-20(21,24)30(25,26)27/h18-19,22-24H,3-17,21H2,1-2H3,(H2,25,26,27). The molecule has 9 nitrogen and oxygen atoms in total. The topological polar surface area (TPSA) is 170 Å². The molecule has 0 radical (unpaired) electrons. The Hall–Kier alpha value is -0.0600. The summed E-state index contributed by atoms with van der Waals surface area (Å²) >= 11 is 0. The Labute approximate surface area is 188 Å². The van der Waals surface area contributed by atoms with Crippen LogP contribution in [0.2, 0.25) is 0 Å². The lowest BCUT2D eigenvalue weighted by Gasteiger charge is -2.30. The van der Waals surface area contributed by atoms with Crippen molar-refractivity contribution in [1.29, 1.82) is 0 Å². The van der Waals surface area contributed by atoms with Crippen LogP contribution in [-0.4, -0.2) is 51.8 Å². The summed E-state index contributed by atoms with van der Waals surface area (Å²) < 4.78 is 38.8. The Kier molecular flexibility index (Phi) is 15.7. The van der Waals surface area contributed by atoms with Gasteiger partial charge in [-0.15, -0.1) is 0 Å². The minimum atomic E-state index is -5.09. The molecule has 0 saturated heterocycles. The van der Waals surface area contributed by atoms with Crippen LogP contribution in [0.1, 0.15) is 104 Å². The zero-order chi connectivity index (χ0) is 24.0. The number of hydrogen-bond acceptors (Lipinski definition) is 6. The molecule has 0 rings (SSSR count). The maximum absolute atomic E-state index is 12.5. The van der Waals surface area contributed by atoms with Gasteiger partial charge in [0.2, 0.25) is 15.5 Å². The summed E-state index contributed by atoms with van der Waals surface area (Å²) in [6.07, 6.45) is 9.47. The van der Waals surface area contributed by atoms with E-state index in [-0.39, 0.29) is 12.2 Å². The van der Waals surface area contributed by atoms with Crippen LogP contribution in [0.15, 0.2) is 0 Å². The van der Waals surface area contributed by atoms with Gasteiger partial charge in [-0.25, -0.2) is 13.1 Å². The largest absolute Gasteiger partial charge is 0.391 e. The van der Waals surface area contributed by atoms with Gasteiger partial charge in [-0.1, -0.05) is 84.5 Å². The van der Waals surface area contributed by atoms with Gasteiger partial charge in [-0.3, -0.25) is 10.3 Å². The van der Waals surface area contributed by atoms with Gasteiger partial charge in [0.1, 0.15) is 0 Å². The second-order valence-corrected chi connectivity index (χ2v) is 12.3. The number of rotatable bonds is 20. The van der Waals surface area contributed by atoms with Crippen LogP contribution in [-0.2, 0) is 14.6 Å². The van der Waals surface area contributed by atoms with E-state index in [9.17, 15) is 33.0 Å². The molecule has 0 aliphatic heterocycles. The summed E-state index contributed by atoms with van der Waals surface area (Å²) in [4.78, 5) is 18.4. The van der Waals surface area contributed by atoms with Crippen molar-refractivity contribution in [2.45, 2.75) is 121 Å². The van der Waals surface area contributed by atoms with Crippen molar-refractivity contribution < 1.29 is 33.0 Å². The Bertz CT molecular complexity index is 611. The first kappa shape index (κ1) is 30.9. The predicted octanol–water partition coefficient (Wildman–Crippen LogP) is 2.92. The average Bonchev–Trinajstić information content (AvgIpc) is 2.65. The molecule has 0 aliphatic rings. The molecule has 7 N–H and O–H groups in total. The fourth-order valence-electron chi connectivity index (χ4n) is 3.41. The molecular formula is C20H45N2O7PS. The Morgan fingerprint density at radius 1 is 0.903 bits per heavy atom. The molecule has 0 amide bonds. The van der Waals surface area contributed by atoms with Gasteiger partial charge in [-0.05, 0) is 12.8 Å². The summed E-state index contributed by atoms with van der Waals surface area (Å²) in [6.45, 7) is 4.19. The highest BCUT2D eigenvalue weighted by Crippen LogP contribution is 2.47. The quantitative estimate of drug-likeness (QED) is 0.0863. The fraction of sp³-hybridized carbons (Fsp3) is 1.00. The molecule has 3 atom stereocenters. The first-order valence-corrected chi connectivity index (χ1v) is 14.9. The monoisotopic (exact) mass is 488 g/mol. The summed E-state index contributed by atoms with van der Waals surface area (Å²) in [5.74, 6) is -0.0779. The molecule has 31 heavy (non-hydrogen) atoms. The summed E-state index contributed by atoms with van der Waals surface area (Å²) in [5.41, 5.74) is 2.37. The van der Waals surface area contributed by atoms with Crippen LogP contribution in [0.25, 0.3) is 0 Å². The van der Waals surface area contributed by atoms with Crippen LogP contribution < -0.4 is 10.5 Å². The molecule has 0 fully saturated rings. The molecule has 0 aromatic rings. The molecule has 3 unspecified atom stereocenters. The van der Waals surface area contributed by atoms with Crippen LogP contribution >= 0.6 is 7.60 Å². The number of aliphatic hydroxyl groups is 2. The number of unbranched alkanes of at least 4 members (excludes halogenated alkanes) is 10. The SMILES string of the molecule is CCCCCCCCCCS(=O)(=O)NC(CCCCCC)C(O)CC(N)(O)P(=O)(O)O. The van der Waals surface area contributed by atoms with E-state index < -0.39 is 41.7 Å². The molecule has 11 heteroatoms.